The molecule has 10 heteroatoms. The summed E-state index contributed by atoms with van der Waals surface area (Å²) >= 11 is 5.95. The zero-order chi connectivity index (χ0) is 23.8. The van der Waals surface area contributed by atoms with Crippen molar-refractivity contribution in [1.82, 2.24) is 15.1 Å². The van der Waals surface area contributed by atoms with Gasteiger partial charge in [0.2, 0.25) is 5.91 Å². The molecule has 3 fully saturated rings. The highest BCUT2D eigenvalue weighted by molar-refractivity contribution is 7.93. The van der Waals surface area contributed by atoms with Gasteiger partial charge in [0.15, 0.2) is 9.84 Å². The number of piperidine rings is 1. The number of hydrogen-bond acceptors (Lipinski definition) is 4. The second-order valence-electron chi connectivity index (χ2n) is 9.53. The van der Waals surface area contributed by atoms with Crippen molar-refractivity contribution in [3.63, 3.8) is 0 Å². The number of benzene rings is 1. The van der Waals surface area contributed by atoms with Gasteiger partial charge in [-0.25, -0.2) is 17.6 Å². The average Bonchev–Trinajstić information content (AvgIpc) is 3.55. The Labute approximate surface area is 199 Å². The number of sulfone groups is 1. The first-order valence-corrected chi connectivity index (χ1v) is 13.7. The molecule has 2 atom stereocenters. The van der Waals surface area contributed by atoms with E-state index < -0.39 is 20.9 Å². The lowest BCUT2D eigenvalue weighted by Gasteiger charge is -2.36. The monoisotopic (exact) mass is 499 g/mol. The van der Waals surface area contributed by atoms with E-state index in [1.54, 1.807) is 22.8 Å². The van der Waals surface area contributed by atoms with Crippen LogP contribution in [0.3, 0.4) is 0 Å². The second-order valence-corrected chi connectivity index (χ2v) is 12.2. The number of aryl methyl sites for hydroxylation is 1. The highest BCUT2D eigenvalue weighted by Gasteiger charge is 2.41. The minimum absolute atomic E-state index is 0.0702. The van der Waals surface area contributed by atoms with Gasteiger partial charge in [0.25, 0.3) is 0 Å². The lowest BCUT2D eigenvalue weighted by atomic mass is 9.97. The third-order valence-corrected chi connectivity index (χ3v) is 9.47. The molecule has 1 aliphatic carbocycles. The molecular weight excluding hydrogens is 469 g/mol. The molecule has 1 aromatic carbocycles. The van der Waals surface area contributed by atoms with Crippen LogP contribution in [0.5, 0.6) is 0 Å². The highest BCUT2D eigenvalue weighted by Crippen LogP contribution is 2.30. The fourth-order valence-corrected chi connectivity index (χ4v) is 6.86. The number of rotatable bonds is 6. The van der Waals surface area contributed by atoms with E-state index in [0.29, 0.717) is 43.1 Å². The van der Waals surface area contributed by atoms with Crippen molar-refractivity contribution < 1.29 is 22.4 Å². The Balaban J connectivity index is 1.36. The first-order chi connectivity index (χ1) is 15.7. The maximum atomic E-state index is 14.2. The molecule has 2 saturated heterocycles. The molecule has 0 aromatic heterocycles. The third kappa shape index (κ3) is 5.62. The Morgan fingerprint density at radius 1 is 1.21 bits per heavy atom. The molecule has 2 heterocycles. The quantitative estimate of drug-likeness (QED) is 0.650. The SMILES string of the molecule is Cc1cc(CNC(=O)N(C[C@@H]2CCCN(C(=O)[C@H]3CCCS3(=O)=O)C2)C2CC2)c(F)cc1Cl. The van der Waals surface area contributed by atoms with E-state index in [0.717, 1.165) is 31.2 Å². The molecule has 1 aromatic rings. The summed E-state index contributed by atoms with van der Waals surface area (Å²) in [6.07, 6.45) is 4.47. The number of carbonyl (C=O) groups is 2. The minimum Gasteiger partial charge on any atom is -0.341 e. The average molecular weight is 500 g/mol. The van der Waals surface area contributed by atoms with Crippen molar-refractivity contribution in [2.24, 2.45) is 5.92 Å². The van der Waals surface area contributed by atoms with Gasteiger partial charge in [-0.1, -0.05) is 11.6 Å². The molecule has 1 N–H and O–H groups in total. The summed E-state index contributed by atoms with van der Waals surface area (Å²) in [6.45, 7) is 3.38. The summed E-state index contributed by atoms with van der Waals surface area (Å²) in [7, 11) is -3.34. The van der Waals surface area contributed by atoms with E-state index in [9.17, 15) is 22.4 Å². The zero-order valence-electron chi connectivity index (χ0n) is 18.9. The Morgan fingerprint density at radius 3 is 2.64 bits per heavy atom. The predicted molar refractivity (Wildman–Crippen MR) is 124 cm³/mol. The summed E-state index contributed by atoms with van der Waals surface area (Å²) in [4.78, 5) is 29.3. The van der Waals surface area contributed by atoms with Gasteiger partial charge < -0.3 is 15.1 Å². The number of nitrogens with zero attached hydrogens (tertiary/aromatic N) is 2. The van der Waals surface area contributed by atoms with E-state index >= 15 is 0 Å². The Hall–Kier alpha value is -1.87. The van der Waals surface area contributed by atoms with Gasteiger partial charge in [-0.05, 0) is 69.1 Å². The lowest BCUT2D eigenvalue weighted by molar-refractivity contribution is -0.132. The molecular formula is C23H31ClFN3O4S. The molecule has 0 radical (unpaired) electrons. The van der Waals surface area contributed by atoms with E-state index in [1.165, 1.54) is 6.07 Å². The van der Waals surface area contributed by atoms with Crippen LogP contribution in [0.1, 0.15) is 49.7 Å². The van der Waals surface area contributed by atoms with Crippen LogP contribution in [0.2, 0.25) is 5.02 Å². The largest absolute Gasteiger partial charge is 0.341 e. The molecule has 0 unspecified atom stereocenters. The molecule has 1 saturated carbocycles. The summed E-state index contributed by atoms with van der Waals surface area (Å²) in [5.74, 6) is -0.558. The van der Waals surface area contributed by atoms with Crippen LogP contribution in [-0.2, 0) is 21.2 Å². The lowest BCUT2D eigenvalue weighted by Crippen LogP contribution is -2.50. The smallest absolute Gasteiger partial charge is 0.317 e. The first-order valence-electron chi connectivity index (χ1n) is 11.6. The number of likely N-dealkylation sites (tertiary alicyclic amines) is 1. The van der Waals surface area contributed by atoms with Crippen molar-refractivity contribution in [3.05, 3.63) is 34.1 Å². The number of carbonyl (C=O) groups excluding carboxylic acids is 2. The third-order valence-electron chi connectivity index (χ3n) is 6.90. The van der Waals surface area contributed by atoms with Crippen LogP contribution in [0, 0.1) is 18.7 Å². The van der Waals surface area contributed by atoms with Gasteiger partial charge in [-0.3, -0.25) is 4.79 Å². The second kappa shape index (κ2) is 9.78. The van der Waals surface area contributed by atoms with E-state index in [-0.39, 0.29) is 36.2 Å². The van der Waals surface area contributed by atoms with E-state index in [1.807, 2.05) is 0 Å². The minimum atomic E-state index is -3.34. The van der Waals surface area contributed by atoms with Crippen LogP contribution in [0.25, 0.3) is 0 Å². The van der Waals surface area contributed by atoms with Gasteiger partial charge in [0.05, 0.1) is 5.75 Å². The van der Waals surface area contributed by atoms with Gasteiger partial charge in [0.1, 0.15) is 11.1 Å². The van der Waals surface area contributed by atoms with Crippen LogP contribution >= 0.6 is 11.6 Å². The molecule has 7 nitrogen and oxygen atoms in total. The molecule has 3 amide bonds. The fraction of sp³-hybridized carbons (Fsp3) is 0.652. The topological polar surface area (TPSA) is 86.8 Å². The van der Waals surface area contributed by atoms with Crippen molar-refractivity contribution in [1.29, 1.82) is 0 Å². The van der Waals surface area contributed by atoms with Crippen molar-refractivity contribution in [2.45, 2.75) is 63.3 Å². The van der Waals surface area contributed by atoms with E-state index in [2.05, 4.69) is 5.32 Å². The predicted octanol–water partition coefficient (Wildman–Crippen LogP) is 3.28. The molecule has 33 heavy (non-hydrogen) atoms. The summed E-state index contributed by atoms with van der Waals surface area (Å²) in [5.41, 5.74) is 1.13. The maximum absolute atomic E-state index is 14.2. The van der Waals surface area contributed by atoms with Gasteiger partial charge in [-0.2, -0.15) is 0 Å². The normalized spacial score (nSPS) is 24.5. The van der Waals surface area contributed by atoms with Crippen LogP contribution in [0.15, 0.2) is 12.1 Å². The first kappa shape index (κ1) is 24.3. The van der Waals surface area contributed by atoms with Crippen molar-refractivity contribution >= 4 is 33.4 Å². The number of urea groups is 1. The molecule has 2 aliphatic heterocycles. The van der Waals surface area contributed by atoms with Crippen LogP contribution < -0.4 is 5.32 Å². The van der Waals surface area contributed by atoms with Gasteiger partial charge in [0, 0.05) is 42.8 Å². The highest BCUT2D eigenvalue weighted by atomic mass is 35.5. The molecule has 0 spiro atoms. The number of nitrogens with one attached hydrogen (secondary N) is 1. The molecule has 0 bridgehead atoms. The Morgan fingerprint density at radius 2 is 1.97 bits per heavy atom. The van der Waals surface area contributed by atoms with Crippen LogP contribution in [0.4, 0.5) is 9.18 Å². The summed E-state index contributed by atoms with van der Waals surface area (Å²) in [5, 5.41) is 2.28. The van der Waals surface area contributed by atoms with Gasteiger partial charge in [-0.15, -0.1) is 0 Å². The Kier molecular flexibility index (Phi) is 7.19. The molecule has 4 rings (SSSR count). The number of amides is 3. The fourth-order valence-electron chi connectivity index (χ4n) is 4.87. The van der Waals surface area contributed by atoms with E-state index in [4.69, 9.17) is 11.6 Å². The number of halogens is 2. The molecule has 3 aliphatic rings. The van der Waals surface area contributed by atoms with Gasteiger partial charge >= 0.3 is 6.03 Å². The zero-order valence-corrected chi connectivity index (χ0v) is 20.4. The molecule has 182 valence electrons. The number of hydrogen-bond donors (Lipinski definition) is 1. The van der Waals surface area contributed by atoms with Crippen molar-refractivity contribution in [2.75, 3.05) is 25.4 Å². The standard InChI is InChI=1S/C23H31ClFN3O4S/c1-15-10-17(20(25)11-19(15)24)12-26-23(30)28(18-6-7-18)14-16-4-2-8-27(13-16)22(29)21-5-3-9-33(21,31)32/h10-11,16,18,21H,2-9,12-14H2,1H3,(H,26,30)/t16-,21-/m1/s1. The summed E-state index contributed by atoms with van der Waals surface area (Å²) < 4.78 is 38.6. The summed E-state index contributed by atoms with van der Waals surface area (Å²) in [6, 6.07) is 2.81. The van der Waals surface area contributed by atoms with Crippen molar-refractivity contribution in [3.8, 4) is 0 Å². The maximum Gasteiger partial charge on any atom is 0.317 e. The Bertz CT molecular complexity index is 1030. The van der Waals surface area contributed by atoms with Crippen LogP contribution in [-0.4, -0.2) is 66.8 Å².